The summed E-state index contributed by atoms with van der Waals surface area (Å²) in [5.74, 6) is 0.186. The van der Waals surface area contributed by atoms with Crippen LogP contribution >= 0.6 is 0 Å². The van der Waals surface area contributed by atoms with Crippen LogP contribution in [0.4, 0.5) is 14.6 Å². The number of hydrogen-bond acceptors (Lipinski definition) is 4. The van der Waals surface area contributed by atoms with Crippen LogP contribution in [0.1, 0.15) is 38.7 Å². The fraction of sp³-hybridized carbons (Fsp3) is 0.500. The van der Waals surface area contributed by atoms with Gasteiger partial charge in [-0.1, -0.05) is 6.42 Å². The maximum absolute atomic E-state index is 12.8. The van der Waals surface area contributed by atoms with Crippen molar-refractivity contribution in [3.05, 3.63) is 34.7 Å². The van der Waals surface area contributed by atoms with Crippen molar-refractivity contribution in [2.45, 2.75) is 38.7 Å². The molecule has 0 bridgehead atoms. The Morgan fingerprint density at radius 2 is 2.04 bits per heavy atom. The Morgan fingerprint density at radius 3 is 2.78 bits per heavy atom. The number of hydrogen-bond donors (Lipinski definition) is 2. The number of anilines is 1. The number of rotatable bonds is 7. The molecule has 2 aromatic heterocycles. The minimum Gasteiger partial charge on any atom is -0.309 e. The predicted octanol–water partition coefficient (Wildman–Crippen LogP) is 2.84. The summed E-state index contributed by atoms with van der Waals surface area (Å²) in [4.78, 5) is 25.8. The van der Waals surface area contributed by atoms with Gasteiger partial charge < -0.3 is 10.2 Å². The van der Waals surface area contributed by atoms with Gasteiger partial charge in [0.2, 0.25) is 5.91 Å². The van der Waals surface area contributed by atoms with Gasteiger partial charge in [0.05, 0.1) is 5.69 Å². The van der Waals surface area contributed by atoms with Gasteiger partial charge in [0, 0.05) is 30.3 Å². The number of nitrogens with zero attached hydrogens (tertiary/aromatic N) is 3. The van der Waals surface area contributed by atoms with Crippen LogP contribution in [0.3, 0.4) is 0 Å². The third-order valence-corrected chi connectivity index (χ3v) is 4.63. The third kappa shape index (κ3) is 5.22. The molecular formula is C18H23F2N5O2. The van der Waals surface area contributed by atoms with Gasteiger partial charge in [0.1, 0.15) is 0 Å². The number of H-pyrrole nitrogens is 1. The summed E-state index contributed by atoms with van der Waals surface area (Å²) in [6, 6.07) is 4.05. The number of aromatic amines is 1. The van der Waals surface area contributed by atoms with E-state index in [0.717, 1.165) is 38.3 Å². The van der Waals surface area contributed by atoms with E-state index in [-0.39, 0.29) is 5.91 Å². The number of pyridine rings is 1. The maximum atomic E-state index is 12.8. The highest BCUT2D eigenvalue weighted by Gasteiger charge is 2.13. The number of aromatic nitrogens is 3. The molecule has 0 aromatic carbocycles. The Hall–Kier alpha value is -2.55. The molecule has 0 unspecified atom stereocenters. The Bertz CT molecular complexity index is 827. The molecule has 0 radical (unpaired) electrons. The molecule has 2 N–H and O–H groups in total. The Balaban J connectivity index is 1.53. The van der Waals surface area contributed by atoms with Gasteiger partial charge >= 0.3 is 6.55 Å². The van der Waals surface area contributed by atoms with Crippen LogP contribution < -0.4 is 10.9 Å². The molecule has 2 aromatic rings. The van der Waals surface area contributed by atoms with Crippen molar-refractivity contribution >= 4 is 11.7 Å². The molecule has 146 valence electrons. The summed E-state index contributed by atoms with van der Waals surface area (Å²) in [7, 11) is 0. The van der Waals surface area contributed by atoms with Crippen LogP contribution in [-0.4, -0.2) is 45.2 Å². The third-order valence-electron chi connectivity index (χ3n) is 4.63. The van der Waals surface area contributed by atoms with Crippen LogP contribution in [0, 0.1) is 0 Å². The van der Waals surface area contributed by atoms with E-state index in [9.17, 15) is 18.4 Å². The molecule has 1 amide bonds. The molecule has 3 heterocycles. The summed E-state index contributed by atoms with van der Waals surface area (Å²) >= 11 is 0. The predicted molar refractivity (Wildman–Crippen MR) is 97.7 cm³/mol. The van der Waals surface area contributed by atoms with Gasteiger partial charge in [-0.2, -0.15) is 13.9 Å². The Morgan fingerprint density at radius 1 is 1.26 bits per heavy atom. The summed E-state index contributed by atoms with van der Waals surface area (Å²) in [5.41, 5.74) is 0.0384. The smallest absolute Gasteiger partial charge is 0.309 e. The van der Waals surface area contributed by atoms with Gasteiger partial charge in [0.15, 0.2) is 5.82 Å². The van der Waals surface area contributed by atoms with Crippen molar-refractivity contribution in [1.82, 2.24) is 19.7 Å². The number of amides is 1. The maximum Gasteiger partial charge on any atom is 0.321 e. The molecule has 1 fully saturated rings. The molecule has 0 saturated carbocycles. The molecule has 0 aliphatic carbocycles. The zero-order valence-electron chi connectivity index (χ0n) is 15.0. The number of piperidine rings is 1. The molecule has 9 heteroatoms. The number of alkyl halides is 2. The van der Waals surface area contributed by atoms with Gasteiger partial charge in [-0.25, -0.2) is 0 Å². The fourth-order valence-electron chi connectivity index (χ4n) is 3.20. The average Bonchev–Trinajstić information content (AvgIpc) is 3.11. The molecule has 0 atom stereocenters. The highest BCUT2D eigenvalue weighted by molar-refractivity contribution is 5.90. The lowest BCUT2D eigenvalue weighted by molar-refractivity contribution is -0.116. The summed E-state index contributed by atoms with van der Waals surface area (Å²) in [6.45, 7) is 0.199. The number of carbonyl (C=O) groups is 1. The molecule has 1 saturated heterocycles. The fourth-order valence-corrected chi connectivity index (χ4v) is 3.20. The highest BCUT2D eigenvalue weighted by atomic mass is 19.3. The minimum absolute atomic E-state index is 0.136. The lowest BCUT2D eigenvalue weighted by atomic mass is 10.1. The van der Waals surface area contributed by atoms with Crippen molar-refractivity contribution in [2.24, 2.45) is 0 Å². The van der Waals surface area contributed by atoms with Crippen LogP contribution in [0.15, 0.2) is 29.2 Å². The summed E-state index contributed by atoms with van der Waals surface area (Å²) < 4.78 is 26.0. The van der Waals surface area contributed by atoms with E-state index in [1.165, 1.54) is 25.3 Å². The van der Waals surface area contributed by atoms with Gasteiger partial charge in [-0.05, 0) is 45.0 Å². The normalized spacial score (nSPS) is 15.2. The zero-order valence-corrected chi connectivity index (χ0v) is 15.0. The Kier molecular flexibility index (Phi) is 6.33. The molecule has 0 spiro atoms. The second kappa shape index (κ2) is 8.90. The molecule has 27 heavy (non-hydrogen) atoms. The van der Waals surface area contributed by atoms with E-state index >= 15 is 0 Å². The molecule has 7 nitrogen and oxygen atoms in total. The second-order valence-corrected chi connectivity index (χ2v) is 6.66. The molecular weight excluding hydrogens is 356 g/mol. The first-order valence-corrected chi connectivity index (χ1v) is 9.11. The van der Waals surface area contributed by atoms with Gasteiger partial charge in [-0.15, -0.1) is 0 Å². The first-order valence-electron chi connectivity index (χ1n) is 9.11. The van der Waals surface area contributed by atoms with Crippen molar-refractivity contribution in [3.63, 3.8) is 0 Å². The highest BCUT2D eigenvalue weighted by Crippen LogP contribution is 2.20. The monoisotopic (exact) mass is 379 g/mol. The van der Waals surface area contributed by atoms with E-state index in [1.807, 2.05) is 0 Å². The van der Waals surface area contributed by atoms with E-state index < -0.39 is 12.1 Å². The number of likely N-dealkylation sites (tertiary alicyclic amines) is 1. The zero-order chi connectivity index (χ0) is 19.2. The quantitative estimate of drug-likeness (QED) is 0.775. The van der Waals surface area contributed by atoms with Crippen molar-refractivity contribution in [3.8, 4) is 11.3 Å². The molecule has 1 aliphatic heterocycles. The van der Waals surface area contributed by atoms with Crippen LogP contribution in [-0.2, 0) is 4.79 Å². The van der Waals surface area contributed by atoms with Gasteiger partial charge in [0.25, 0.3) is 5.56 Å². The lowest BCUT2D eigenvalue weighted by Crippen LogP contribution is -2.31. The van der Waals surface area contributed by atoms with Crippen LogP contribution in [0.25, 0.3) is 11.3 Å². The molecule has 3 rings (SSSR count). The van der Waals surface area contributed by atoms with Crippen molar-refractivity contribution in [1.29, 1.82) is 0 Å². The average molecular weight is 379 g/mol. The van der Waals surface area contributed by atoms with Gasteiger partial charge in [-0.3, -0.25) is 19.3 Å². The van der Waals surface area contributed by atoms with Crippen molar-refractivity contribution in [2.75, 3.05) is 25.0 Å². The first-order chi connectivity index (χ1) is 13.0. The van der Waals surface area contributed by atoms with Crippen LogP contribution in [0.2, 0.25) is 0 Å². The van der Waals surface area contributed by atoms with E-state index in [4.69, 9.17) is 0 Å². The number of halogens is 2. The van der Waals surface area contributed by atoms with E-state index in [1.54, 1.807) is 6.07 Å². The Labute approximate surface area is 155 Å². The number of nitrogens with one attached hydrogen (secondary N) is 2. The first kappa shape index (κ1) is 19.2. The van der Waals surface area contributed by atoms with Crippen molar-refractivity contribution < 1.29 is 13.6 Å². The lowest BCUT2D eigenvalue weighted by Gasteiger charge is -2.26. The second-order valence-electron chi connectivity index (χ2n) is 6.66. The molecule has 1 aliphatic rings. The van der Waals surface area contributed by atoms with E-state index in [0.29, 0.717) is 28.1 Å². The van der Waals surface area contributed by atoms with Crippen LogP contribution in [0.5, 0.6) is 0 Å². The summed E-state index contributed by atoms with van der Waals surface area (Å²) in [6.07, 6.45) is 5.97. The summed E-state index contributed by atoms with van der Waals surface area (Å²) in [5, 5.41) is 9.37. The largest absolute Gasteiger partial charge is 0.321 e. The number of carbonyl (C=O) groups excluding carboxylic acids is 1. The van der Waals surface area contributed by atoms with E-state index in [2.05, 4.69) is 20.4 Å². The standard InChI is InChI=1S/C18H23F2N5O2/c19-18(20)25-12-13(6-7-17(25)27)14-11-15(23-22-14)21-16(26)5-4-10-24-8-2-1-3-9-24/h6-7,11-12,18H,1-5,8-10H2,(H2,21,22,23,26). The SMILES string of the molecule is O=C(CCCN1CCCCC1)Nc1cc(-c2ccc(=O)n(C(F)F)c2)[nH]n1. The minimum atomic E-state index is -2.92. The topological polar surface area (TPSA) is 83.0 Å².